The topological polar surface area (TPSA) is 40.7 Å². The van der Waals surface area contributed by atoms with Gasteiger partial charge in [0, 0.05) is 18.2 Å². The Kier molecular flexibility index (Phi) is 1.78. The lowest BCUT2D eigenvalue weighted by molar-refractivity contribution is 0.296. The number of H-pyrrole nitrogens is 1. The molecule has 1 fully saturated rings. The second-order valence-corrected chi connectivity index (χ2v) is 3.77. The molecule has 1 saturated heterocycles. The molecule has 0 aliphatic carbocycles. The first kappa shape index (κ1) is 6.60. The monoisotopic (exact) mass is 181 g/mol. The van der Waals surface area contributed by atoms with Crippen LogP contribution in [0.3, 0.4) is 0 Å². The highest BCUT2D eigenvalue weighted by atomic mass is 14.9. The minimum atomic E-state index is 0.0309. The summed E-state index contributed by atoms with van der Waals surface area (Å²) in [5.41, 5.74) is 0.942. The van der Waals surface area contributed by atoms with Gasteiger partial charge in [-0.1, -0.05) is 6.92 Å². The molecule has 2 heterocycles. The van der Waals surface area contributed by atoms with Gasteiger partial charge in [0.2, 0.25) is 0 Å². The summed E-state index contributed by atoms with van der Waals surface area (Å²) in [4.78, 5) is 5.22. The number of imidazole rings is 1. The first-order valence-corrected chi connectivity index (χ1v) is 4.94. The molecule has 2 rings (SSSR count). The molecule has 13 heavy (non-hydrogen) atoms. The molecule has 0 radical (unpaired) electrons. The van der Waals surface area contributed by atoms with Gasteiger partial charge in [0.1, 0.15) is 1.37 Å². The summed E-state index contributed by atoms with van der Waals surface area (Å²) in [6, 6.07) is 0. The van der Waals surface area contributed by atoms with Crippen LogP contribution in [0.15, 0.2) is 12.5 Å². The molecule has 0 bridgehead atoms. The molecule has 0 aromatic carbocycles. The molecule has 1 aliphatic heterocycles. The van der Waals surface area contributed by atoms with Crippen molar-refractivity contribution in [1.82, 2.24) is 15.3 Å². The summed E-state index contributed by atoms with van der Waals surface area (Å²) < 4.78 is 14.9. The van der Waals surface area contributed by atoms with E-state index in [2.05, 4.69) is 17.2 Å². The Morgan fingerprint density at radius 2 is 2.77 bits per heavy atom. The van der Waals surface area contributed by atoms with Crippen LogP contribution in [0.4, 0.5) is 0 Å². The zero-order valence-electron chi connectivity index (χ0n) is 10.0. The molecular weight excluding hydrogens is 162 g/mol. The first-order valence-electron chi connectivity index (χ1n) is 5.89. The van der Waals surface area contributed by atoms with Crippen LogP contribution in [0, 0.1) is 0 Å². The van der Waals surface area contributed by atoms with E-state index < -0.39 is 0 Å². The molecule has 0 saturated carbocycles. The fourth-order valence-electron chi connectivity index (χ4n) is 2.13. The van der Waals surface area contributed by atoms with Crippen LogP contribution < -0.4 is 5.32 Å². The zero-order chi connectivity index (χ0) is 10.9. The smallest absolute Gasteiger partial charge is 0.167 e. The van der Waals surface area contributed by atoms with Gasteiger partial charge >= 0.3 is 0 Å². The van der Waals surface area contributed by atoms with Crippen LogP contribution in [0.5, 0.6) is 0 Å². The second kappa shape index (κ2) is 3.50. The third-order valence-corrected chi connectivity index (χ3v) is 3.11. The average Bonchev–Trinajstić information content (AvgIpc) is 2.61. The Morgan fingerprint density at radius 1 is 1.85 bits per heavy atom. The molecule has 0 amide bonds. The van der Waals surface area contributed by atoms with E-state index >= 15 is 0 Å². The minimum absolute atomic E-state index is 0.0309. The third-order valence-electron chi connectivity index (χ3n) is 3.11. The van der Waals surface area contributed by atoms with Gasteiger partial charge in [-0.15, -0.1) is 0 Å². The van der Waals surface area contributed by atoms with E-state index in [9.17, 15) is 0 Å². The van der Waals surface area contributed by atoms with Gasteiger partial charge in [-0.25, -0.2) is 4.98 Å². The summed E-state index contributed by atoms with van der Waals surface area (Å²) >= 11 is 0. The van der Waals surface area contributed by atoms with Crippen LogP contribution in [-0.4, -0.2) is 23.1 Å². The first-order chi connectivity index (χ1) is 7.18. The van der Waals surface area contributed by atoms with Crippen LogP contribution >= 0.6 is 0 Å². The van der Waals surface area contributed by atoms with E-state index in [1.165, 1.54) is 0 Å². The highest BCUT2D eigenvalue weighted by Crippen LogP contribution is 2.32. The van der Waals surface area contributed by atoms with Gasteiger partial charge in [0.25, 0.3) is 0 Å². The molecule has 1 atom stereocenters. The summed E-state index contributed by atoms with van der Waals surface area (Å²) in [6.45, 7) is 4.14. The van der Waals surface area contributed by atoms with Gasteiger partial charge in [0.05, 0.1) is 12.0 Å². The predicted molar refractivity (Wildman–Crippen MR) is 52.7 cm³/mol. The Labute approximate surface area is 81.8 Å². The van der Waals surface area contributed by atoms with Crippen molar-refractivity contribution in [1.29, 1.82) is 0 Å². The Bertz CT molecular complexity index is 323. The van der Waals surface area contributed by atoms with Crippen molar-refractivity contribution in [3.8, 4) is 0 Å². The summed E-state index contributed by atoms with van der Waals surface area (Å²) in [7, 11) is 0. The molecule has 0 spiro atoms. The van der Waals surface area contributed by atoms with E-state index in [0.29, 0.717) is 0 Å². The molecule has 1 unspecified atom stereocenters. The standard InChI is InChI=1S/C10H17N3/c1-2-10(4-3-5-11-7-10)9-6-12-8-13-9/h6,8,11H,2-5,7H2,1H3,(H,12,13)/i8D/hD. The largest absolute Gasteiger partial charge is 0.351 e. The zero-order valence-corrected chi connectivity index (χ0v) is 8.01. The van der Waals surface area contributed by atoms with Crippen molar-refractivity contribution >= 4 is 0 Å². The van der Waals surface area contributed by atoms with E-state index in [1.54, 1.807) is 6.20 Å². The quantitative estimate of drug-likeness (QED) is 0.725. The molecule has 1 aliphatic rings. The highest BCUT2D eigenvalue weighted by Gasteiger charge is 2.33. The third kappa shape index (κ3) is 1.48. The van der Waals surface area contributed by atoms with Crippen molar-refractivity contribution in [3.05, 3.63) is 18.2 Å². The summed E-state index contributed by atoms with van der Waals surface area (Å²) in [6.07, 6.45) is 4.97. The molecule has 3 heteroatoms. The maximum absolute atomic E-state index is 7.47. The summed E-state index contributed by atoms with van der Waals surface area (Å²) in [5.74, 6) is 0. The van der Waals surface area contributed by atoms with Gasteiger partial charge in [-0.3, -0.25) is 0 Å². The SMILES string of the molecule is [2H]c1nc(C2(CC)CCCNC2)cn1[2H]. The van der Waals surface area contributed by atoms with Crippen molar-refractivity contribution in [2.24, 2.45) is 0 Å². The van der Waals surface area contributed by atoms with Crippen LogP contribution in [0.1, 0.15) is 33.3 Å². The fourth-order valence-corrected chi connectivity index (χ4v) is 2.13. The van der Waals surface area contributed by atoms with Crippen LogP contribution in [-0.2, 0) is 5.41 Å². The predicted octanol–water partition coefficient (Wildman–Crippen LogP) is 1.44. The maximum atomic E-state index is 7.47. The molecule has 1 aromatic heterocycles. The highest BCUT2D eigenvalue weighted by molar-refractivity contribution is 5.15. The van der Waals surface area contributed by atoms with Crippen molar-refractivity contribution < 1.29 is 2.78 Å². The number of rotatable bonds is 2. The molecule has 3 nitrogen and oxygen atoms in total. The van der Waals surface area contributed by atoms with Crippen LogP contribution in [0.2, 0.25) is 1.41 Å². The molecule has 72 valence electrons. The van der Waals surface area contributed by atoms with Crippen LogP contribution in [0.25, 0.3) is 0 Å². The lowest BCUT2D eigenvalue weighted by Gasteiger charge is -2.35. The average molecular weight is 181 g/mol. The number of aromatic amines is 1. The molecule has 1 aromatic rings. The number of hydrogen-bond donors (Lipinski definition) is 2. The van der Waals surface area contributed by atoms with Gasteiger partial charge in [-0.05, 0) is 25.8 Å². The normalized spacial score (nSPS) is 31.2. The molecule has 2 N–H and O–H groups in total. The number of hydrogen-bond acceptors (Lipinski definition) is 2. The number of aromatic nitrogens is 2. The lowest BCUT2D eigenvalue weighted by atomic mass is 9.76. The van der Waals surface area contributed by atoms with Gasteiger partial charge < -0.3 is 10.3 Å². The molecular formula is C10H17N3. The van der Waals surface area contributed by atoms with Crippen molar-refractivity contribution in [3.63, 3.8) is 0 Å². The number of nitrogens with zero attached hydrogens (tertiary/aromatic N) is 1. The lowest BCUT2D eigenvalue weighted by Crippen LogP contribution is -2.43. The van der Waals surface area contributed by atoms with Gasteiger partial charge in [0.15, 0.2) is 1.41 Å². The Morgan fingerprint density at radius 3 is 3.31 bits per heavy atom. The number of piperidine rings is 1. The maximum Gasteiger partial charge on any atom is 0.167 e. The van der Waals surface area contributed by atoms with E-state index in [0.717, 1.165) is 43.0 Å². The number of nitrogens with one attached hydrogen (secondary N) is 2. The van der Waals surface area contributed by atoms with Crippen molar-refractivity contribution in [2.75, 3.05) is 13.1 Å². The van der Waals surface area contributed by atoms with E-state index in [-0.39, 0.29) is 11.7 Å². The Hall–Kier alpha value is -0.830. The van der Waals surface area contributed by atoms with Gasteiger partial charge in [-0.2, -0.15) is 0 Å². The van der Waals surface area contributed by atoms with E-state index in [4.69, 9.17) is 2.78 Å². The Balaban J connectivity index is 2.32. The summed E-state index contributed by atoms with van der Waals surface area (Å²) in [5, 5.41) is 3.38. The second-order valence-electron chi connectivity index (χ2n) is 3.77. The van der Waals surface area contributed by atoms with E-state index in [1.807, 2.05) is 0 Å². The minimum Gasteiger partial charge on any atom is -0.351 e. The van der Waals surface area contributed by atoms with Crippen molar-refractivity contribution in [2.45, 2.75) is 31.6 Å². The fraction of sp³-hybridized carbons (Fsp3) is 0.700.